The number of esters is 1. The number of rotatable bonds is 8. The lowest BCUT2D eigenvalue weighted by Crippen LogP contribution is -2.48. The molecule has 0 radical (unpaired) electrons. The van der Waals surface area contributed by atoms with Gasteiger partial charge >= 0.3 is 5.97 Å². The Balaban J connectivity index is 2.08. The summed E-state index contributed by atoms with van der Waals surface area (Å²) in [6.07, 6.45) is 0.297. The Morgan fingerprint density at radius 2 is 1.90 bits per heavy atom. The molecule has 168 valence electrons. The van der Waals surface area contributed by atoms with Gasteiger partial charge in [-0.05, 0) is 44.4 Å². The molecule has 2 unspecified atom stereocenters. The monoisotopic (exact) mass is 460 g/mol. The van der Waals surface area contributed by atoms with Crippen LogP contribution in [0.2, 0.25) is 5.02 Å². The number of carbonyl (C=O) groups is 2. The Hall–Kier alpha value is -1.68. The molecule has 1 aromatic rings. The van der Waals surface area contributed by atoms with Crippen LogP contribution in [-0.4, -0.2) is 63.0 Å². The van der Waals surface area contributed by atoms with Crippen LogP contribution in [0.4, 0.5) is 0 Å². The Morgan fingerprint density at radius 3 is 2.50 bits per heavy atom. The Labute approximate surface area is 182 Å². The highest BCUT2D eigenvalue weighted by atomic mass is 35.5. The molecule has 1 saturated heterocycles. The summed E-state index contributed by atoms with van der Waals surface area (Å²) < 4.78 is 38.1. The predicted molar refractivity (Wildman–Crippen MR) is 113 cm³/mol. The van der Waals surface area contributed by atoms with E-state index >= 15 is 0 Å². The third kappa shape index (κ3) is 6.66. The Kier molecular flexibility index (Phi) is 8.66. The fraction of sp³-hybridized carbons (Fsp3) is 0.600. The second-order valence-corrected chi connectivity index (χ2v) is 10.1. The molecule has 1 aromatic carbocycles. The number of ether oxygens (including phenoxy) is 2. The first-order chi connectivity index (χ1) is 14.0. The average molecular weight is 461 g/mol. The number of hydrogen-bond acceptors (Lipinski definition) is 6. The van der Waals surface area contributed by atoms with Crippen molar-refractivity contribution < 1.29 is 27.5 Å². The maximum absolute atomic E-state index is 13.1. The number of amides is 1. The number of nitrogens with one attached hydrogen (secondary N) is 1. The van der Waals surface area contributed by atoms with Gasteiger partial charge in [0.15, 0.2) is 6.61 Å². The quantitative estimate of drug-likeness (QED) is 0.598. The number of carbonyl (C=O) groups excluding carboxylic acids is 2. The molecule has 1 fully saturated rings. The van der Waals surface area contributed by atoms with Gasteiger partial charge in [-0.25, -0.2) is 13.2 Å². The SMILES string of the molecule is CC(C)CCNC(=O)COC(=O)c1ccc(Cl)c(S(=O)(=O)N2CC(C)OC(C)C2)c1. The van der Waals surface area contributed by atoms with Gasteiger partial charge in [-0.3, -0.25) is 4.79 Å². The number of morpholine rings is 1. The summed E-state index contributed by atoms with van der Waals surface area (Å²) in [5, 5.41) is 2.67. The van der Waals surface area contributed by atoms with Gasteiger partial charge in [-0.15, -0.1) is 0 Å². The van der Waals surface area contributed by atoms with Gasteiger partial charge in [0.1, 0.15) is 4.90 Å². The van der Waals surface area contributed by atoms with Gasteiger partial charge in [0, 0.05) is 19.6 Å². The molecule has 0 aromatic heterocycles. The zero-order valence-electron chi connectivity index (χ0n) is 17.7. The third-order valence-electron chi connectivity index (χ3n) is 4.55. The van der Waals surface area contributed by atoms with Gasteiger partial charge in [-0.1, -0.05) is 25.4 Å². The molecule has 2 rings (SSSR count). The van der Waals surface area contributed by atoms with E-state index in [9.17, 15) is 18.0 Å². The van der Waals surface area contributed by atoms with Crippen molar-refractivity contribution in [3.05, 3.63) is 28.8 Å². The van der Waals surface area contributed by atoms with Crippen molar-refractivity contribution in [3.63, 3.8) is 0 Å². The molecule has 1 amide bonds. The van der Waals surface area contributed by atoms with Crippen LogP contribution >= 0.6 is 11.6 Å². The second kappa shape index (κ2) is 10.6. The van der Waals surface area contributed by atoms with E-state index in [0.29, 0.717) is 12.5 Å². The van der Waals surface area contributed by atoms with E-state index in [1.54, 1.807) is 13.8 Å². The minimum absolute atomic E-state index is 0.00214. The molecule has 8 nitrogen and oxygen atoms in total. The van der Waals surface area contributed by atoms with Crippen molar-refractivity contribution in [1.82, 2.24) is 9.62 Å². The summed E-state index contributed by atoms with van der Waals surface area (Å²) in [4.78, 5) is 23.9. The van der Waals surface area contributed by atoms with Crippen LogP contribution in [0.1, 0.15) is 44.5 Å². The number of sulfonamides is 1. The van der Waals surface area contributed by atoms with E-state index in [1.165, 1.54) is 22.5 Å². The molecule has 1 aliphatic rings. The summed E-state index contributed by atoms with van der Waals surface area (Å²) in [6.45, 7) is 8.09. The minimum Gasteiger partial charge on any atom is -0.452 e. The predicted octanol–water partition coefficient (Wildman–Crippen LogP) is 2.46. The van der Waals surface area contributed by atoms with E-state index in [1.807, 2.05) is 13.8 Å². The van der Waals surface area contributed by atoms with Crippen molar-refractivity contribution in [2.75, 3.05) is 26.2 Å². The van der Waals surface area contributed by atoms with Crippen LogP contribution in [0, 0.1) is 5.92 Å². The average Bonchev–Trinajstić information content (AvgIpc) is 2.65. The Bertz CT molecular complexity index is 864. The van der Waals surface area contributed by atoms with E-state index in [4.69, 9.17) is 21.1 Å². The number of nitrogens with zero attached hydrogens (tertiary/aromatic N) is 1. The van der Waals surface area contributed by atoms with Gasteiger partial charge < -0.3 is 14.8 Å². The zero-order valence-corrected chi connectivity index (χ0v) is 19.3. The minimum atomic E-state index is -3.93. The lowest BCUT2D eigenvalue weighted by molar-refractivity contribution is -0.124. The first kappa shape index (κ1) is 24.6. The van der Waals surface area contributed by atoms with Gasteiger partial charge in [0.05, 0.1) is 22.8 Å². The van der Waals surface area contributed by atoms with E-state index in [0.717, 1.165) is 6.42 Å². The van der Waals surface area contributed by atoms with Crippen molar-refractivity contribution >= 4 is 33.5 Å². The normalized spacial score (nSPS) is 20.2. The van der Waals surface area contributed by atoms with Crippen LogP contribution in [0.3, 0.4) is 0 Å². The molecular weight excluding hydrogens is 432 g/mol. The molecule has 0 bridgehead atoms. The number of hydrogen-bond donors (Lipinski definition) is 1. The number of benzene rings is 1. The molecule has 30 heavy (non-hydrogen) atoms. The molecule has 0 saturated carbocycles. The maximum Gasteiger partial charge on any atom is 0.338 e. The summed E-state index contributed by atoms with van der Waals surface area (Å²) in [5.74, 6) is -0.771. The summed E-state index contributed by atoms with van der Waals surface area (Å²) in [7, 11) is -3.93. The standard InChI is InChI=1S/C20H29ClN2O6S/c1-13(2)7-8-22-19(24)12-28-20(25)16-5-6-17(21)18(9-16)30(26,27)23-10-14(3)29-15(4)11-23/h5-6,9,13-15H,7-8,10-12H2,1-4H3,(H,22,24). The van der Waals surface area contributed by atoms with Crippen LogP contribution in [0.25, 0.3) is 0 Å². The second-order valence-electron chi connectivity index (χ2n) is 7.83. The third-order valence-corrected chi connectivity index (χ3v) is 6.86. The molecule has 10 heteroatoms. The highest BCUT2D eigenvalue weighted by molar-refractivity contribution is 7.89. The first-order valence-electron chi connectivity index (χ1n) is 9.89. The zero-order chi connectivity index (χ0) is 22.5. The van der Waals surface area contributed by atoms with Crippen molar-refractivity contribution in [2.24, 2.45) is 5.92 Å². The topological polar surface area (TPSA) is 102 Å². The van der Waals surface area contributed by atoms with Crippen LogP contribution < -0.4 is 5.32 Å². The maximum atomic E-state index is 13.1. The Morgan fingerprint density at radius 1 is 1.27 bits per heavy atom. The lowest BCUT2D eigenvalue weighted by Gasteiger charge is -2.34. The van der Waals surface area contributed by atoms with Crippen LogP contribution in [0.15, 0.2) is 23.1 Å². The van der Waals surface area contributed by atoms with Gasteiger partial charge in [0.2, 0.25) is 10.0 Å². The lowest BCUT2D eigenvalue weighted by atomic mass is 10.1. The molecule has 0 aliphatic carbocycles. The highest BCUT2D eigenvalue weighted by Crippen LogP contribution is 2.28. The first-order valence-corrected chi connectivity index (χ1v) is 11.7. The van der Waals surface area contributed by atoms with Gasteiger partial charge in [-0.2, -0.15) is 4.31 Å². The van der Waals surface area contributed by atoms with Crippen LogP contribution in [0.5, 0.6) is 0 Å². The van der Waals surface area contributed by atoms with E-state index in [2.05, 4.69) is 5.32 Å². The molecule has 1 N–H and O–H groups in total. The summed E-state index contributed by atoms with van der Waals surface area (Å²) in [5.41, 5.74) is 0.00214. The fourth-order valence-electron chi connectivity index (χ4n) is 3.06. The van der Waals surface area contributed by atoms with Crippen LogP contribution in [-0.2, 0) is 24.3 Å². The van der Waals surface area contributed by atoms with Crippen molar-refractivity contribution in [2.45, 2.75) is 51.2 Å². The number of halogens is 1. The highest BCUT2D eigenvalue weighted by Gasteiger charge is 2.34. The smallest absolute Gasteiger partial charge is 0.338 e. The van der Waals surface area contributed by atoms with E-state index in [-0.39, 0.29) is 40.8 Å². The summed E-state index contributed by atoms with van der Waals surface area (Å²) >= 11 is 6.13. The van der Waals surface area contributed by atoms with Crippen molar-refractivity contribution in [1.29, 1.82) is 0 Å². The molecule has 2 atom stereocenters. The van der Waals surface area contributed by atoms with E-state index < -0.39 is 28.5 Å². The van der Waals surface area contributed by atoms with Crippen molar-refractivity contribution in [3.8, 4) is 0 Å². The molecule has 1 heterocycles. The largest absolute Gasteiger partial charge is 0.452 e. The molecule has 1 aliphatic heterocycles. The van der Waals surface area contributed by atoms with Gasteiger partial charge in [0.25, 0.3) is 5.91 Å². The fourth-order valence-corrected chi connectivity index (χ4v) is 5.15. The molecular formula is C20H29ClN2O6S. The summed E-state index contributed by atoms with van der Waals surface area (Å²) in [6, 6.07) is 3.88. The molecule has 0 spiro atoms.